The number of hydrogen-bond acceptors (Lipinski definition) is 1. The summed E-state index contributed by atoms with van der Waals surface area (Å²) < 4.78 is 1.33. The largest absolute Gasteiger partial charge is 0.316 e. The van der Waals surface area contributed by atoms with Crippen molar-refractivity contribution < 1.29 is 4.48 Å². The maximum absolute atomic E-state index is 3.96. The van der Waals surface area contributed by atoms with E-state index in [0.29, 0.717) is 0 Å². The van der Waals surface area contributed by atoms with Crippen molar-refractivity contribution in [3.63, 3.8) is 0 Å². The van der Waals surface area contributed by atoms with Crippen LogP contribution in [0.4, 0.5) is 0 Å². The van der Waals surface area contributed by atoms with Gasteiger partial charge in [0.15, 0.2) is 0 Å². The third-order valence-corrected chi connectivity index (χ3v) is 4.31. The highest BCUT2D eigenvalue weighted by molar-refractivity contribution is 4.75. The standard InChI is InChI=1S/C13H25N2/c1-2-10-15(11-8-14-9-12-15)13-6-4-3-5-7-13/h2,13-14H,1,3-12H2/q+1. The van der Waals surface area contributed by atoms with Crippen LogP contribution in [0.25, 0.3) is 0 Å². The monoisotopic (exact) mass is 209 g/mol. The van der Waals surface area contributed by atoms with E-state index in [-0.39, 0.29) is 0 Å². The van der Waals surface area contributed by atoms with Gasteiger partial charge in [0.2, 0.25) is 0 Å². The molecule has 1 aliphatic carbocycles. The molecular formula is C13H25N2+. The minimum atomic E-state index is 0.929. The first kappa shape index (κ1) is 11.2. The summed E-state index contributed by atoms with van der Waals surface area (Å²) >= 11 is 0. The van der Waals surface area contributed by atoms with Gasteiger partial charge >= 0.3 is 0 Å². The van der Waals surface area contributed by atoms with Gasteiger partial charge in [0.1, 0.15) is 0 Å². The zero-order valence-electron chi connectivity index (χ0n) is 9.88. The highest BCUT2D eigenvalue weighted by Gasteiger charge is 2.37. The molecule has 15 heavy (non-hydrogen) atoms. The molecule has 0 bridgehead atoms. The molecule has 0 amide bonds. The number of piperazine rings is 1. The van der Waals surface area contributed by atoms with Gasteiger partial charge in [0, 0.05) is 13.1 Å². The molecular weight excluding hydrogens is 184 g/mol. The van der Waals surface area contributed by atoms with E-state index in [1.54, 1.807) is 0 Å². The average Bonchev–Trinajstić information content (AvgIpc) is 2.32. The van der Waals surface area contributed by atoms with Crippen molar-refractivity contribution in [2.75, 3.05) is 32.7 Å². The van der Waals surface area contributed by atoms with Crippen LogP contribution in [0, 0.1) is 0 Å². The zero-order valence-corrected chi connectivity index (χ0v) is 9.88. The molecule has 0 spiro atoms. The number of nitrogens with one attached hydrogen (secondary N) is 1. The van der Waals surface area contributed by atoms with Gasteiger partial charge in [-0.15, -0.1) is 0 Å². The molecule has 1 aliphatic heterocycles. The molecule has 0 unspecified atom stereocenters. The lowest BCUT2D eigenvalue weighted by Gasteiger charge is -2.48. The Kier molecular flexibility index (Phi) is 3.81. The lowest BCUT2D eigenvalue weighted by molar-refractivity contribution is -0.948. The normalized spacial score (nSPS) is 27.5. The van der Waals surface area contributed by atoms with Gasteiger partial charge in [0.25, 0.3) is 0 Å². The summed E-state index contributed by atoms with van der Waals surface area (Å²) in [5.74, 6) is 0. The van der Waals surface area contributed by atoms with Gasteiger partial charge in [0.05, 0.1) is 25.7 Å². The molecule has 1 N–H and O–H groups in total. The van der Waals surface area contributed by atoms with Gasteiger partial charge in [-0.05, 0) is 31.8 Å². The number of quaternary nitrogens is 1. The van der Waals surface area contributed by atoms with E-state index in [2.05, 4.69) is 18.0 Å². The third kappa shape index (κ3) is 2.43. The van der Waals surface area contributed by atoms with Gasteiger partial charge in [-0.1, -0.05) is 13.0 Å². The van der Waals surface area contributed by atoms with Crippen LogP contribution in [0.5, 0.6) is 0 Å². The summed E-state index contributed by atoms with van der Waals surface area (Å²) in [4.78, 5) is 0. The Balaban J connectivity index is 2.04. The van der Waals surface area contributed by atoms with Crippen molar-refractivity contribution in [3.05, 3.63) is 12.7 Å². The van der Waals surface area contributed by atoms with Crippen molar-refractivity contribution in [2.24, 2.45) is 0 Å². The molecule has 0 aromatic rings. The summed E-state index contributed by atoms with van der Waals surface area (Å²) in [6, 6.07) is 0.929. The smallest absolute Gasteiger partial charge is 0.0973 e. The summed E-state index contributed by atoms with van der Waals surface area (Å²) in [5.41, 5.74) is 0. The summed E-state index contributed by atoms with van der Waals surface area (Å²) in [6.07, 6.45) is 9.41. The van der Waals surface area contributed by atoms with Gasteiger partial charge in [-0.2, -0.15) is 0 Å². The van der Waals surface area contributed by atoms with Crippen molar-refractivity contribution in [3.8, 4) is 0 Å². The van der Waals surface area contributed by atoms with E-state index < -0.39 is 0 Å². The lowest BCUT2D eigenvalue weighted by Crippen LogP contribution is -2.63. The molecule has 0 radical (unpaired) electrons. The van der Waals surface area contributed by atoms with Crippen LogP contribution in [0.1, 0.15) is 32.1 Å². The fraction of sp³-hybridized carbons (Fsp3) is 0.846. The Morgan fingerprint density at radius 2 is 1.80 bits per heavy atom. The second-order valence-electron chi connectivity index (χ2n) is 5.18. The summed E-state index contributed by atoms with van der Waals surface area (Å²) in [7, 11) is 0. The Hall–Kier alpha value is -0.340. The van der Waals surface area contributed by atoms with Gasteiger partial charge in [-0.3, -0.25) is 0 Å². The van der Waals surface area contributed by atoms with Gasteiger partial charge in [-0.25, -0.2) is 0 Å². The van der Waals surface area contributed by atoms with Crippen LogP contribution in [0.3, 0.4) is 0 Å². The molecule has 2 heteroatoms. The van der Waals surface area contributed by atoms with Crippen LogP contribution in [-0.4, -0.2) is 43.2 Å². The fourth-order valence-electron chi connectivity index (χ4n) is 3.42. The minimum absolute atomic E-state index is 0.929. The molecule has 2 rings (SSSR count). The fourth-order valence-corrected chi connectivity index (χ4v) is 3.42. The van der Waals surface area contributed by atoms with Crippen molar-refractivity contribution in [1.29, 1.82) is 0 Å². The Labute approximate surface area is 93.9 Å². The minimum Gasteiger partial charge on any atom is -0.316 e. The Morgan fingerprint density at radius 3 is 2.40 bits per heavy atom. The Morgan fingerprint density at radius 1 is 1.13 bits per heavy atom. The maximum atomic E-state index is 3.96. The molecule has 0 aromatic carbocycles. The summed E-state index contributed by atoms with van der Waals surface area (Å²) in [5, 5.41) is 3.49. The molecule has 1 saturated heterocycles. The molecule has 2 aliphatic rings. The molecule has 0 atom stereocenters. The van der Waals surface area contributed by atoms with Crippen molar-refractivity contribution >= 4 is 0 Å². The van der Waals surface area contributed by atoms with E-state index in [4.69, 9.17) is 0 Å². The van der Waals surface area contributed by atoms with E-state index in [9.17, 15) is 0 Å². The van der Waals surface area contributed by atoms with Crippen LogP contribution >= 0.6 is 0 Å². The molecule has 1 heterocycles. The number of nitrogens with zero attached hydrogens (tertiary/aromatic N) is 1. The van der Waals surface area contributed by atoms with E-state index in [0.717, 1.165) is 6.04 Å². The predicted molar refractivity (Wildman–Crippen MR) is 64.8 cm³/mol. The lowest BCUT2D eigenvalue weighted by atomic mass is 9.91. The first-order valence-corrected chi connectivity index (χ1v) is 6.55. The predicted octanol–water partition coefficient (Wildman–Crippen LogP) is 1.93. The highest BCUT2D eigenvalue weighted by Crippen LogP contribution is 2.29. The third-order valence-electron chi connectivity index (χ3n) is 4.31. The zero-order chi connectivity index (χ0) is 10.6. The second kappa shape index (κ2) is 5.13. The van der Waals surface area contributed by atoms with Gasteiger partial charge < -0.3 is 9.80 Å². The van der Waals surface area contributed by atoms with Crippen LogP contribution in [-0.2, 0) is 0 Å². The van der Waals surface area contributed by atoms with Crippen molar-refractivity contribution in [1.82, 2.24) is 5.32 Å². The first-order valence-electron chi connectivity index (χ1n) is 6.55. The van der Waals surface area contributed by atoms with Crippen LogP contribution < -0.4 is 5.32 Å². The number of rotatable bonds is 3. The highest BCUT2D eigenvalue weighted by atomic mass is 15.4. The average molecular weight is 209 g/mol. The first-order chi connectivity index (χ1) is 7.37. The van der Waals surface area contributed by atoms with E-state index in [1.165, 1.54) is 69.3 Å². The molecule has 2 fully saturated rings. The number of hydrogen-bond donors (Lipinski definition) is 1. The topological polar surface area (TPSA) is 12.0 Å². The van der Waals surface area contributed by atoms with Crippen molar-refractivity contribution in [2.45, 2.75) is 38.1 Å². The Bertz CT molecular complexity index is 201. The SMILES string of the molecule is C=CC[N+]1(C2CCCCC2)CCNCC1. The van der Waals surface area contributed by atoms with E-state index in [1.807, 2.05) is 0 Å². The maximum Gasteiger partial charge on any atom is 0.0973 e. The van der Waals surface area contributed by atoms with Crippen LogP contribution in [0.2, 0.25) is 0 Å². The molecule has 86 valence electrons. The summed E-state index contributed by atoms with van der Waals surface area (Å²) in [6.45, 7) is 10.2. The quantitative estimate of drug-likeness (QED) is 0.553. The van der Waals surface area contributed by atoms with E-state index >= 15 is 0 Å². The second-order valence-corrected chi connectivity index (χ2v) is 5.18. The molecule has 2 nitrogen and oxygen atoms in total. The van der Waals surface area contributed by atoms with Crippen LogP contribution in [0.15, 0.2) is 12.7 Å². The molecule has 1 saturated carbocycles. The molecule has 0 aromatic heterocycles.